The third-order valence-corrected chi connectivity index (χ3v) is 4.66. The van der Waals surface area contributed by atoms with E-state index in [2.05, 4.69) is 31.4 Å². The molecule has 2 N–H and O–H groups in total. The van der Waals surface area contributed by atoms with Crippen LogP contribution in [0.15, 0.2) is 42.1 Å². The number of carbonyl (C=O) groups is 3. The molecule has 1 aromatic carbocycles. The average Bonchev–Trinajstić information content (AvgIpc) is 2.61. The van der Waals surface area contributed by atoms with E-state index in [0.29, 0.717) is 17.8 Å². The first-order valence-corrected chi connectivity index (χ1v) is 9.19. The van der Waals surface area contributed by atoms with Gasteiger partial charge in [0.1, 0.15) is 0 Å². The number of anilines is 1. The number of rotatable bonds is 3. The van der Waals surface area contributed by atoms with Crippen molar-refractivity contribution in [1.29, 1.82) is 0 Å². The fourth-order valence-corrected chi connectivity index (χ4v) is 3.05. The molecule has 4 amide bonds. The molecule has 3 rings (SSSR count). The highest BCUT2D eigenvalue weighted by molar-refractivity contribution is 6.06. The van der Waals surface area contributed by atoms with Gasteiger partial charge in [-0.05, 0) is 48.1 Å². The van der Waals surface area contributed by atoms with Crippen molar-refractivity contribution < 1.29 is 14.4 Å². The first-order valence-electron chi connectivity index (χ1n) is 9.19. The molecule has 0 spiro atoms. The molecular formula is C21H25N3O3. The van der Waals surface area contributed by atoms with Crippen LogP contribution in [0.3, 0.4) is 0 Å². The summed E-state index contributed by atoms with van der Waals surface area (Å²) in [6, 6.07) is 5.01. The minimum Gasteiger partial charge on any atom is -0.322 e. The Morgan fingerprint density at radius 3 is 2.56 bits per heavy atom. The molecule has 0 bridgehead atoms. The minimum atomic E-state index is -0.457. The van der Waals surface area contributed by atoms with Gasteiger partial charge in [-0.15, -0.1) is 0 Å². The first kappa shape index (κ1) is 18.9. The molecule has 1 fully saturated rings. The lowest BCUT2D eigenvalue weighted by atomic mass is 9.85. The molecule has 0 radical (unpaired) electrons. The lowest BCUT2D eigenvalue weighted by molar-refractivity contribution is -0.120. The van der Waals surface area contributed by atoms with Crippen molar-refractivity contribution in [2.45, 2.75) is 45.4 Å². The van der Waals surface area contributed by atoms with E-state index in [1.807, 2.05) is 30.4 Å². The van der Waals surface area contributed by atoms with E-state index in [0.717, 1.165) is 24.1 Å². The van der Waals surface area contributed by atoms with E-state index < -0.39 is 6.03 Å². The maximum absolute atomic E-state index is 12.8. The summed E-state index contributed by atoms with van der Waals surface area (Å²) in [6.45, 7) is 6.47. The molecule has 6 nitrogen and oxygen atoms in total. The van der Waals surface area contributed by atoms with E-state index in [1.165, 1.54) is 4.90 Å². The van der Waals surface area contributed by atoms with Gasteiger partial charge in [0, 0.05) is 29.9 Å². The van der Waals surface area contributed by atoms with Crippen LogP contribution >= 0.6 is 0 Å². The monoisotopic (exact) mass is 367 g/mol. The van der Waals surface area contributed by atoms with Crippen molar-refractivity contribution >= 4 is 23.5 Å². The maximum atomic E-state index is 12.8. The van der Waals surface area contributed by atoms with Crippen molar-refractivity contribution in [2.24, 2.45) is 0 Å². The molecule has 1 aliphatic heterocycles. The van der Waals surface area contributed by atoms with Crippen LogP contribution in [0, 0.1) is 0 Å². The molecule has 0 aromatic heterocycles. The molecule has 1 heterocycles. The lowest BCUT2D eigenvalue weighted by Crippen LogP contribution is -2.49. The molecule has 27 heavy (non-hydrogen) atoms. The Morgan fingerprint density at radius 2 is 1.93 bits per heavy atom. The number of imide groups is 1. The third kappa shape index (κ3) is 4.45. The number of allylic oxidation sites excluding steroid dienone is 3. The van der Waals surface area contributed by atoms with Gasteiger partial charge >= 0.3 is 6.03 Å². The van der Waals surface area contributed by atoms with Crippen LogP contribution in [0.5, 0.6) is 0 Å². The highest BCUT2D eigenvalue weighted by Crippen LogP contribution is 2.29. The Labute approximate surface area is 159 Å². The maximum Gasteiger partial charge on any atom is 0.328 e. The van der Waals surface area contributed by atoms with Gasteiger partial charge in [0.2, 0.25) is 5.91 Å². The Hall–Kier alpha value is -2.89. The molecule has 1 aromatic rings. The topological polar surface area (TPSA) is 78.5 Å². The van der Waals surface area contributed by atoms with Crippen LogP contribution in [0.2, 0.25) is 0 Å². The van der Waals surface area contributed by atoms with Crippen molar-refractivity contribution in [3.05, 3.63) is 53.3 Å². The van der Waals surface area contributed by atoms with Crippen molar-refractivity contribution in [2.75, 3.05) is 11.4 Å². The molecule has 1 aliphatic carbocycles. The van der Waals surface area contributed by atoms with Crippen molar-refractivity contribution in [1.82, 2.24) is 10.6 Å². The number of urea groups is 1. The first-order chi connectivity index (χ1) is 12.7. The van der Waals surface area contributed by atoms with E-state index in [9.17, 15) is 14.4 Å². The smallest absolute Gasteiger partial charge is 0.322 e. The summed E-state index contributed by atoms with van der Waals surface area (Å²) in [7, 11) is 0. The average molecular weight is 367 g/mol. The van der Waals surface area contributed by atoms with Gasteiger partial charge in [0.15, 0.2) is 0 Å². The zero-order valence-electron chi connectivity index (χ0n) is 16.0. The second kappa shape index (κ2) is 7.39. The SMILES string of the molecule is CC(C)(C)c1cc(C(=O)NC2=CCCC=C2)cc(N2CCC(=O)NC2=O)c1. The van der Waals surface area contributed by atoms with E-state index in [4.69, 9.17) is 0 Å². The van der Waals surface area contributed by atoms with Gasteiger partial charge in [-0.25, -0.2) is 4.79 Å². The summed E-state index contributed by atoms with van der Waals surface area (Å²) in [5.74, 6) is -0.495. The summed E-state index contributed by atoms with van der Waals surface area (Å²) in [4.78, 5) is 38.0. The zero-order valence-corrected chi connectivity index (χ0v) is 16.0. The summed E-state index contributed by atoms with van der Waals surface area (Å²) in [5, 5.41) is 5.25. The molecule has 1 saturated heterocycles. The standard InChI is InChI=1S/C21H25N3O3/c1-21(2,3)15-11-14(19(26)22-16-7-5-4-6-8-16)12-17(13-15)24-10-9-18(25)23-20(24)27/h5,7-8,11-13H,4,6,9-10H2,1-3H3,(H,22,26)(H,23,25,27). The second-order valence-electron chi connectivity index (χ2n) is 7.87. The van der Waals surface area contributed by atoms with Crippen LogP contribution in [0.1, 0.15) is 56.0 Å². The number of hydrogen-bond donors (Lipinski definition) is 2. The van der Waals surface area contributed by atoms with Gasteiger partial charge < -0.3 is 5.32 Å². The molecule has 142 valence electrons. The van der Waals surface area contributed by atoms with Gasteiger partial charge in [0.05, 0.1) is 0 Å². The van der Waals surface area contributed by atoms with Crippen LogP contribution in [0.4, 0.5) is 10.5 Å². The summed E-state index contributed by atoms with van der Waals surface area (Å²) >= 11 is 0. The second-order valence-corrected chi connectivity index (χ2v) is 7.87. The zero-order chi connectivity index (χ0) is 19.6. The Kier molecular flexibility index (Phi) is 5.17. The largest absolute Gasteiger partial charge is 0.328 e. The van der Waals surface area contributed by atoms with Crippen LogP contribution < -0.4 is 15.5 Å². The summed E-state index contributed by atoms with van der Waals surface area (Å²) in [5.41, 5.74) is 2.64. The van der Waals surface area contributed by atoms with Gasteiger partial charge in [0.25, 0.3) is 5.91 Å². The van der Waals surface area contributed by atoms with Gasteiger partial charge in [-0.1, -0.05) is 32.9 Å². The minimum absolute atomic E-state index is 0.197. The Morgan fingerprint density at radius 1 is 1.15 bits per heavy atom. The molecule has 0 atom stereocenters. The van der Waals surface area contributed by atoms with Crippen molar-refractivity contribution in [3.8, 4) is 0 Å². The number of benzene rings is 1. The van der Waals surface area contributed by atoms with Crippen LogP contribution in [0.25, 0.3) is 0 Å². The summed E-state index contributed by atoms with van der Waals surface area (Å²) in [6.07, 6.45) is 8.05. The molecular weight excluding hydrogens is 342 g/mol. The normalized spacial score (nSPS) is 17.4. The molecule has 0 unspecified atom stereocenters. The van der Waals surface area contributed by atoms with Crippen LogP contribution in [-0.2, 0) is 10.2 Å². The van der Waals surface area contributed by atoms with Crippen LogP contribution in [-0.4, -0.2) is 24.4 Å². The molecule has 2 aliphatic rings. The Balaban J connectivity index is 1.94. The van der Waals surface area contributed by atoms with E-state index in [1.54, 1.807) is 6.07 Å². The number of hydrogen-bond acceptors (Lipinski definition) is 3. The lowest BCUT2D eigenvalue weighted by Gasteiger charge is -2.29. The number of amides is 4. The number of carbonyl (C=O) groups excluding carboxylic acids is 3. The predicted molar refractivity (Wildman–Crippen MR) is 105 cm³/mol. The predicted octanol–water partition coefficient (Wildman–Crippen LogP) is 3.39. The molecule has 6 heteroatoms. The third-order valence-electron chi connectivity index (χ3n) is 4.66. The fourth-order valence-electron chi connectivity index (χ4n) is 3.05. The summed E-state index contributed by atoms with van der Waals surface area (Å²) < 4.78 is 0. The number of nitrogens with one attached hydrogen (secondary N) is 2. The van der Waals surface area contributed by atoms with Crippen molar-refractivity contribution in [3.63, 3.8) is 0 Å². The van der Waals surface area contributed by atoms with Gasteiger partial charge in [-0.2, -0.15) is 0 Å². The fraction of sp³-hybridized carbons (Fsp3) is 0.381. The van der Waals surface area contributed by atoms with E-state index in [-0.39, 0.29) is 23.7 Å². The highest BCUT2D eigenvalue weighted by Gasteiger charge is 2.27. The highest BCUT2D eigenvalue weighted by atomic mass is 16.2. The number of nitrogens with zero attached hydrogens (tertiary/aromatic N) is 1. The quantitative estimate of drug-likeness (QED) is 0.859. The molecule has 0 saturated carbocycles. The Bertz CT molecular complexity index is 847. The van der Waals surface area contributed by atoms with E-state index >= 15 is 0 Å². The van der Waals surface area contributed by atoms with Gasteiger partial charge in [-0.3, -0.25) is 19.8 Å².